The second-order valence-corrected chi connectivity index (χ2v) is 5.59. The molecule has 5 nitrogen and oxygen atoms in total. The summed E-state index contributed by atoms with van der Waals surface area (Å²) in [7, 11) is 3.15. The summed E-state index contributed by atoms with van der Waals surface area (Å²) in [4.78, 5) is 13.8. The molecule has 1 atom stereocenters. The predicted octanol–water partition coefficient (Wildman–Crippen LogP) is 2.94. The van der Waals surface area contributed by atoms with Crippen molar-refractivity contribution in [2.45, 2.75) is 32.8 Å². The summed E-state index contributed by atoms with van der Waals surface area (Å²) in [5.41, 5.74) is 2.75. The highest BCUT2D eigenvalue weighted by molar-refractivity contribution is 6.31. The number of amides is 2. The number of aliphatic hydroxyl groups excluding tert-OH is 1. The summed E-state index contributed by atoms with van der Waals surface area (Å²) in [6, 6.07) is 3.51. The summed E-state index contributed by atoms with van der Waals surface area (Å²) < 4.78 is 4.87. The Morgan fingerprint density at radius 3 is 2.64 bits per heavy atom. The van der Waals surface area contributed by atoms with Crippen LogP contribution in [-0.4, -0.2) is 49.5 Å². The highest BCUT2D eigenvalue weighted by Gasteiger charge is 2.17. The Labute approximate surface area is 137 Å². The van der Waals surface area contributed by atoms with Crippen molar-refractivity contribution in [1.29, 1.82) is 0 Å². The van der Waals surface area contributed by atoms with Crippen molar-refractivity contribution in [2.24, 2.45) is 0 Å². The Balaban J connectivity index is 2.89. The van der Waals surface area contributed by atoms with Gasteiger partial charge in [-0.15, -0.1) is 0 Å². The largest absolute Gasteiger partial charge is 0.389 e. The van der Waals surface area contributed by atoms with Crippen LogP contribution in [0, 0.1) is 0 Å². The maximum absolute atomic E-state index is 12.3. The van der Waals surface area contributed by atoms with Gasteiger partial charge in [0.2, 0.25) is 0 Å². The molecule has 2 amide bonds. The molecule has 1 rings (SSSR count). The molecule has 0 aliphatic rings. The van der Waals surface area contributed by atoms with Crippen LogP contribution >= 0.6 is 11.6 Å². The summed E-state index contributed by atoms with van der Waals surface area (Å²) in [6.07, 6.45) is 0.824. The van der Waals surface area contributed by atoms with Gasteiger partial charge in [0.15, 0.2) is 0 Å². The van der Waals surface area contributed by atoms with E-state index in [9.17, 15) is 9.90 Å². The van der Waals surface area contributed by atoms with Crippen molar-refractivity contribution in [3.63, 3.8) is 0 Å². The van der Waals surface area contributed by atoms with Crippen molar-refractivity contribution in [1.82, 2.24) is 4.90 Å². The molecule has 0 bridgehead atoms. The highest BCUT2D eigenvalue weighted by Crippen LogP contribution is 2.29. The molecule has 0 spiro atoms. The number of methoxy groups -OCH3 is 1. The first kappa shape index (κ1) is 18.7. The number of carbonyl (C=O) groups is 1. The highest BCUT2D eigenvalue weighted by atomic mass is 35.5. The number of hydrogen-bond donors (Lipinski definition) is 2. The Hall–Kier alpha value is -1.30. The molecule has 6 heteroatoms. The van der Waals surface area contributed by atoms with Gasteiger partial charge in [0, 0.05) is 19.2 Å². The molecule has 0 aliphatic heterocycles. The lowest BCUT2D eigenvalue weighted by Gasteiger charge is -2.23. The minimum absolute atomic E-state index is 0.190. The smallest absolute Gasteiger partial charge is 0.321 e. The summed E-state index contributed by atoms with van der Waals surface area (Å²) >= 11 is 6.23. The normalized spacial score (nSPS) is 12.1. The fourth-order valence-electron chi connectivity index (χ4n) is 2.31. The Morgan fingerprint density at radius 1 is 1.41 bits per heavy atom. The molecule has 124 valence electrons. The molecular weight excluding hydrogens is 304 g/mol. The van der Waals surface area contributed by atoms with Gasteiger partial charge in [-0.05, 0) is 30.0 Å². The van der Waals surface area contributed by atoms with Gasteiger partial charge in [-0.1, -0.05) is 31.5 Å². The quantitative estimate of drug-likeness (QED) is 0.809. The summed E-state index contributed by atoms with van der Waals surface area (Å²) in [6.45, 7) is 4.42. The lowest BCUT2D eigenvalue weighted by atomic mass is 10.0. The minimum atomic E-state index is -0.712. The lowest BCUT2D eigenvalue weighted by molar-refractivity contribution is 0.0501. The average Bonchev–Trinajstić information content (AvgIpc) is 2.47. The number of nitrogens with one attached hydrogen (secondary N) is 1. The third-order valence-electron chi connectivity index (χ3n) is 3.50. The Kier molecular flexibility index (Phi) is 7.65. The van der Waals surface area contributed by atoms with Gasteiger partial charge in [0.1, 0.15) is 0 Å². The van der Waals surface area contributed by atoms with Crippen molar-refractivity contribution in [2.75, 3.05) is 32.6 Å². The van der Waals surface area contributed by atoms with Crippen molar-refractivity contribution >= 4 is 23.3 Å². The molecule has 1 aromatic carbocycles. The molecule has 0 saturated heterocycles. The summed E-state index contributed by atoms with van der Waals surface area (Å²) in [5, 5.41) is 13.3. The number of benzene rings is 1. The van der Waals surface area contributed by atoms with E-state index >= 15 is 0 Å². The van der Waals surface area contributed by atoms with Crippen LogP contribution in [0.3, 0.4) is 0 Å². The fraction of sp³-hybridized carbons (Fsp3) is 0.562. The second-order valence-electron chi connectivity index (χ2n) is 5.19. The van der Waals surface area contributed by atoms with E-state index in [1.165, 1.54) is 12.0 Å². The van der Waals surface area contributed by atoms with Gasteiger partial charge < -0.3 is 20.1 Å². The predicted molar refractivity (Wildman–Crippen MR) is 89.7 cm³/mol. The molecule has 22 heavy (non-hydrogen) atoms. The molecule has 0 fully saturated rings. The van der Waals surface area contributed by atoms with E-state index in [0.29, 0.717) is 5.02 Å². The maximum atomic E-state index is 12.3. The number of aliphatic hydroxyl groups is 1. The van der Waals surface area contributed by atoms with Gasteiger partial charge in [-0.3, -0.25) is 0 Å². The molecule has 0 saturated carbocycles. The molecule has 0 aliphatic carbocycles. The number of anilines is 1. The van der Waals surface area contributed by atoms with E-state index in [1.807, 2.05) is 26.0 Å². The van der Waals surface area contributed by atoms with Crippen LogP contribution in [0.25, 0.3) is 0 Å². The van der Waals surface area contributed by atoms with Crippen LogP contribution < -0.4 is 5.32 Å². The molecular formula is C16H25ClN2O3. The van der Waals surface area contributed by atoms with Gasteiger partial charge in [-0.25, -0.2) is 4.79 Å². The molecule has 1 aromatic rings. The number of aryl methyl sites for hydroxylation is 1. The minimum Gasteiger partial charge on any atom is -0.389 e. The monoisotopic (exact) mass is 328 g/mol. The average molecular weight is 329 g/mol. The van der Waals surface area contributed by atoms with E-state index < -0.39 is 6.10 Å². The fourth-order valence-corrected chi connectivity index (χ4v) is 2.60. The number of likely N-dealkylation sites (N-methyl/N-ethyl adjacent to an activating group) is 1. The zero-order chi connectivity index (χ0) is 16.7. The van der Waals surface area contributed by atoms with Crippen LogP contribution in [0.15, 0.2) is 12.1 Å². The van der Waals surface area contributed by atoms with Crippen LogP contribution in [0.1, 0.15) is 25.0 Å². The first-order valence-electron chi connectivity index (χ1n) is 7.43. The van der Waals surface area contributed by atoms with Crippen molar-refractivity contribution in [3.05, 3.63) is 28.3 Å². The molecule has 0 aromatic heterocycles. The van der Waals surface area contributed by atoms with Gasteiger partial charge in [0.05, 0.1) is 24.9 Å². The van der Waals surface area contributed by atoms with Crippen LogP contribution in [0.4, 0.5) is 10.5 Å². The van der Waals surface area contributed by atoms with E-state index in [0.717, 1.165) is 29.7 Å². The van der Waals surface area contributed by atoms with E-state index in [4.69, 9.17) is 16.3 Å². The van der Waals surface area contributed by atoms with Gasteiger partial charge in [-0.2, -0.15) is 0 Å². The van der Waals surface area contributed by atoms with E-state index in [-0.39, 0.29) is 19.2 Å². The number of nitrogens with zero attached hydrogens (tertiary/aromatic N) is 1. The van der Waals surface area contributed by atoms with Crippen LogP contribution in [0.5, 0.6) is 0 Å². The standard InChI is InChI=1S/C16H25ClN2O3/c1-5-11-7-8-14(17)13(6-2)15(11)18-16(21)19(3)9-12(20)10-22-4/h7-8,12,20H,5-6,9-10H2,1-4H3,(H,18,21). The SMILES string of the molecule is CCc1ccc(Cl)c(CC)c1NC(=O)N(C)CC(O)COC. The van der Waals surface area contributed by atoms with Gasteiger partial charge >= 0.3 is 6.03 Å². The first-order chi connectivity index (χ1) is 10.4. The zero-order valence-electron chi connectivity index (χ0n) is 13.6. The lowest BCUT2D eigenvalue weighted by Crippen LogP contribution is -2.39. The molecule has 0 radical (unpaired) electrons. The maximum Gasteiger partial charge on any atom is 0.321 e. The zero-order valence-corrected chi connectivity index (χ0v) is 14.4. The topological polar surface area (TPSA) is 61.8 Å². The van der Waals surface area contributed by atoms with Crippen molar-refractivity contribution < 1.29 is 14.6 Å². The Morgan fingerprint density at radius 2 is 2.09 bits per heavy atom. The number of carbonyl (C=O) groups excluding carboxylic acids is 1. The molecule has 0 heterocycles. The first-order valence-corrected chi connectivity index (χ1v) is 7.81. The third-order valence-corrected chi connectivity index (χ3v) is 3.85. The number of urea groups is 1. The number of hydrogen-bond acceptors (Lipinski definition) is 3. The summed E-state index contributed by atoms with van der Waals surface area (Å²) in [5.74, 6) is 0. The third kappa shape index (κ3) is 4.87. The van der Waals surface area contributed by atoms with Gasteiger partial charge in [0.25, 0.3) is 0 Å². The van der Waals surface area contributed by atoms with Crippen LogP contribution in [-0.2, 0) is 17.6 Å². The number of halogens is 1. The van der Waals surface area contributed by atoms with Crippen LogP contribution in [0.2, 0.25) is 5.02 Å². The van der Waals surface area contributed by atoms with Crippen molar-refractivity contribution in [3.8, 4) is 0 Å². The molecule has 1 unspecified atom stereocenters. The Bertz CT molecular complexity index is 508. The second kappa shape index (κ2) is 8.98. The number of rotatable bonds is 7. The van der Waals surface area contributed by atoms with E-state index in [2.05, 4.69) is 5.32 Å². The van der Waals surface area contributed by atoms with E-state index in [1.54, 1.807) is 7.05 Å². The molecule has 2 N–H and O–H groups in total. The number of ether oxygens (including phenoxy) is 1.